The molecular formula is C14H7FINO3. The quantitative estimate of drug-likeness (QED) is 0.609. The molecule has 0 bridgehead atoms. The average Bonchev–Trinajstić information content (AvgIpc) is 2.64. The molecule has 0 atom stereocenters. The van der Waals surface area contributed by atoms with Gasteiger partial charge in [-0.25, -0.2) is 9.29 Å². The largest absolute Gasteiger partial charge is 0.506 e. The third kappa shape index (κ3) is 1.79. The van der Waals surface area contributed by atoms with Crippen molar-refractivity contribution in [3.8, 4) is 5.75 Å². The van der Waals surface area contributed by atoms with Crippen LogP contribution in [0.5, 0.6) is 5.75 Å². The molecule has 20 heavy (non-hydrogen) atoms. The fourth-order valence-corrected chi connectivity index (χ4v) is 2.98. The SMILES string of the molecule is O=C1c2ccccc2C(=O)N1c1c(O)cc(F)cc1I. The molecule has 2 aromatic carbocycles. The summed E-state index contributed by atoms with van der Waals surface area (Å²) in [5, 5.41) is 9.86. The second-order valence-corrected chi connectivity index (χ2v) is 5.41. The minimum atomic E-state index is -0.632. The van der Waals surface area contributed by atoms with Gasteiger partial charge >= 0.3 is 0 Å². The number of anilines is 1. The molecule has 6 heteroatoms. The van der Waals surface area contributed by atoms with E-state index in [1.807, 2.05) is 0 Å². The Morgan fingerprint density at radius 3 is 2.10 bits per heavy atom. The summed E-state index contributed by atoms with van der Waals surface area (Å²) in [5.41, 5.74) is 0.562. The molecule has 0 saturated carbocycles. The number of phenolic OH excluding ortho intramolecular Hbond substituents is 1. The lowest BCUT2D eigenvalue weighted by atomic mass is 10.1. The standard InChI is InChI=1S/C14H7FINO3/c15-7-5-10(16)12(11(18)6-7)17-13(19)8-3-1-2-4-9(8)14(17)20/h1-6,18H. The van der Waals surface area contributed by atoms with Gasteiger partial charge < -0.3 is 5.11 Å². The summed E-state index contributed by atoms with van der Waals surface area (Å²) in [4.78, 5) is 25.5. The van der Waals surface area contributed by atoms with Crippen LogP contribution in [-0.2, 0) is 0 Å². The van der Waals surface area contributed by atoms with Crippen LogP contribution in [0.15, 0.2) is 36.4 Å². The van der Waals surface area contributed by atoms with Crippen LogP contribution in [0, 0.1) is 9.39 Å². The van der Waals surface area contributed by atoms with Crippen LogP contribution in [-0.4, -0.2) is 16.9 Å². The molecule has 2 aromatic rings. The first-order valence-corrected chi connectivity index (χ1v) is 6.74. The van der Waals surface area contributed by atoms with Gasteiger partial charge in [-0.05, 0) is 40.8 Å². The predicted molar refractivity (Wildman–Crippen MR) is 78.4 cm³/mol. The number of carbonyl (C=O) groups is 2. The maximum Gasteiger partial charge on any atom is 0.266 e. The van der Waals surface area contributed by atoms with E-state index in [2.05, 4.69) is 0 Å². The van der Waals surface area contributed by atoms with Gasteiger partial charge in [0.1, 0.15) is 17.3 Å². The van der Waals surface area contributed by atoms with Crippen molar-refractivity contribution >= 4 is 40.1 Å². The lowest BCUT2D eigenvalue weighted by molar-refractivity contribution is 0.0924. The summed E-state index contributed by atoms with van der Waals surface area (Å²) < 4.78 is 13.5. The van der Waals surface area contributed by atoms with E-state index in [-0.39, 0.29) is 20.4 Å². The number of imide groups is 1. The van der Waals surface area contributed by atoms with Crippen molar-refractivity contribution in [2.75, 3.05) is 4.90 Å². The van der Waals surface area contributed by atoms with Crippen LogP contribution in [0.3, 0.4) is 0 Å². The van der Waals surface area contributed by atoms with Crippen molar-refractivity contribution < 1.29 is 19.1 Å². The number of halogens is 2. The highest BCUT2D eigenvalue weighted by Crippen LogP contribution is 2.38. The molecule has 4 nitrogen and oxygen atoms in total. The van der Waals surface area contributed by atoms with Crippen molar-refractivity contribution in [1.29, 1.82) is 0 Å². The van der Waals surface area contributed by atoms with E-state index in [0.29, 0.717) is 0 Å². The van der Waals surface area contributed by atoms with E-state index in [0.717, 1.165) is 17.0 Å². The van der Waals surface area contributed by atoms with E-state index in [1.165, 1.54) is 0 Å². The minimum Gasteiger partial charge on any atom is -0.506 e. The highest BCUT2D eigenvalue weighted by atomic mass is 127. The number of aromatic hydroxyl groups is 1. The molecule has 1 heterocycles. The van der Waals surface area contributed by atoms with Gasteiger partial charge in [0.2, 0.25) is 0 Å². The number of fused-ring (bicyclic) bond motifs is 1. The topological polar surface area (TPSA) is 57.6 Å². The van der Waals surface area contributed by atoms with Gasteiger partial charge in [0.25, 0.3) is 11.8 Å². The highest BCUT2D eigenvalue weighted by Gasteiger charge is 2.38. The van der Waals surface area contributed by atoms with Crippen molar-refractivity contribution in [2.24, 2.45) is 0 Å². The van der Waals surface area contributed by atoms with Gasteiger partial charge in [0.05, 0.1) is 11.1 Å². The van der Waals surface area contributed by atoms with Crippen molar-refractivity contribution in [3.63, 3.8) is 0 Å². The summed E-state index contributed by atoms with van der Waals surface area (Å²) >= 11 is 1.77. The summed E-state index contributed by atoms with van der Waals surface area (Å²) in [5.74, 6) is -2.12. The van der Waals surface area contributed by atoms with Gasteiger partial charge in [0, 0.05) is 9.64 Å². The number of hydrogen-bond acceptors (Lipinski definition) is 3. The van der Waals surface area contributed by atoms with Crippen molar-refractivity contribution in [1.82, 2.24) is 0 Å². The van der Waals surface area contributed by atoms with Crippen LogP contribution in [0.25, 0.3) is 0 Å². The molecule has 0 spiro atoms. The van der Waals surface area contributed by atoms with E-state index < -0.39 is 23.4 Å². The minimum absolute atomic E-state index is 0.0122. The molecule has 0 aromatic heterocycles. The summed E-state index contributed by atoms with van der Waals surface area (Å²) in [6.07, 6.45) is 0. The smallest absolute Gasteiger partial charge is 0.266 e. The Morgan fingerprint density at radius 2 is 1.60 bits per heavy atom. The van der Waals surface area contributed by atoms with Crippen molar-refractivity contribution in [3.05, 3.63) is 56.9 Å². The number of carbonyl (C=O) groups excluding carboxylic acids is 2. The molecule has 0 saturated heterocycles. The molecule has 0 unspecified atom stereocenters. The fraction of sp³-hybridized carbons (Fsp3) is 0. The Labute approximate surface area is 127 Å². The zero-order valence-corrected chi connectivity index (χ0v) is 12.1. The zero-order chi connectivity index (χ0) is 14.4. The normalized spacial score (nSPS) is 13.8. The molecule has 2 amide bonds. The number of rotatable bonds is 1. The van der Waals surface area contributed by atoms with Crippen LogP contribution >= 0.6 is 22.6 Å². The Kier molecular flexibility index (Phi) is 2.97. The second kappa shape index (κ2) is 4.55. The molecule has 100 valence electrons. The van der Waals surface area contributed by atoms with Crippen LogP contribution in [0.4, 0.5) is 10.1 Å². The number of hydrogen-bond donors (Lipinski definition) is 1. The first-order valence-electron chi connectivity index (χ1n) is 5.66. The van der Waals surface area contributed by atoms with Crippen molar-refractivity contribution in [2.45, 2.75) is 0 Å². The van der Waals surface area contributed by atoms with Gasteiger partial charge in [-0.15, -0.1) is 0 Å². The molecule has 1 aliphatic heterocycles. The molecule has 0 fully saturated rings. The Hall–Kier alpha value is -1.96. The van der Waals surface area contributed by atoms with E-state index >= 15 is 0 Å². The monoisotopic (exact) mass is 383 g/mol. The van der Waals surface area contributed by atoms with E-state index in [9.17, 15) is 19.1 Å². The van der Waals surface area contributed by atoms with Gasteiger partial charge in [-0.3, -0.25) is 9.59 Å². The second-order valence-electron chi connectivity index (χ2n) is 4.25. The first-order chi connectivity index (χ1) is 9.50. The van der Waals surface area contributed by atoms with Gasteiger partial charge in [-0.2, -0.15) is 0 Å². The van der Waals surface area contributed by atoms with Gasteiger partial charge in [0.15, 0.2) is 0 Å². The first kappa shape index (κ1) is 13.0. The Morgan fingerprint density at radius 1 is 1.05 bits per heavy atom. The number of nitrogens with zero attached hydrogens (tertiary/aromatic N) is 1. The summed E-state index contributed by atoms with van der Waals surface area (Å²) in [6, 6.07) is 8.43. The van der Waals surface area contributed by atoms with Crippen LogP contribution in [0.2, 0.25) is 0 Å². The summed E-state index contributed by atoms with van der Waals surface area (Å²) in [7, 11) is 0. The molecule has 1 aliphatic rings. The number of amides is 2. The maximum absolute atomic E-state index is 13.2. The van der Waals surface area contributed by atoms with Crippen LogP contribution in [0.1, 0.15) is 20.7 Å². The Bertz CT molecular complexity index is 702. The lowest BCUT2D eigenvalue weighted by Gasteiger charge is -2.17. The summed E-state index contributed by atoms with van der Waals surface area (Å²) in [6.45, 7) is 0. The number of benzene rings is 2. The fourth-order valence-electron chi connectivity index (χ4n) is 2.17. The molecule has 1 N–H and O–H groups in total. The lowest BCUT2D eigenvalue weighted by Crippen LogP contribution is -2.30. The molecule has 0 aliphatic carbocycles. The number of phenols is 1. The maximum atomic E-state index is 13.2. The van der Waals surface area contributed by atoms with Crippen LogP contribution < -0.4 is 4.90 Å². The predicted octanol–water partition coefficient (Wildman–Crippen LogP) is 2.94. The van der Waals surface area contributed by atoms with E-state index in [1.54, 1.807) is 46.9 Å². The zero-order valence-electron chi connectivity index (χ0n) is 9.93. The van der Waals surface area contributed by atoms with E-state index in [4.69, 9.17) is 0 Å². The van der Waals surface area contributed by atoms with Gasteiger partial charge in [-0.1, -0.05) is 12.1 Å². The Balaban J connectivity index is 2.19. The molecular weight excluding hydrogens is 376 g/mol. The highest BCUT2D eigenvalue weighted by molar-refractivity contribution is 14.1. The molecule has 3 rings (SSSR count). The molecule has 0 radical (unpaired) electrons. The third-order valence-electron chi connectivity index (χ3n) is 3.03. The average molecular weight is 383 g/mol. The third-order valence-corrected chi connectivity index (χ3v) is 3.85.